The lowest BCUT2D eigenvalue weighted by atomic mass is 10.1. The summed E-state index contributed by atoms with van der Waals surface area (Å²) >= 11 is 0. The molecule has 0 unspecified atom stereocenters. The highest BCUT2D eigenvalue weighted by Crippen LogP contribution is 2.22. The summed E-state index contributed by atoms with van der Waals surface area (Å²) in [4.78, 5) is 12.9. The number of pyridine rings is 1. The number of methoxy groups -OCH3 is 1. The molecule has 0 amide bonds. The number of ether oxygens (including phenoxy) is 1. The number of hydrogen-bond donors (Lipinski definition) is 1. The Morgan fingerprint density at radius 2 is 2.06 bits per heavy atom. The SMILES string of the molecule is CCNc1ncc(C)c(-c2ccc(OC)nc2)n1. The molecule has 5 heteroatoms. The van der Waals surface area contributed by atoms with E-state index >= 15 is 0 Å². The van der Waals surface area contributed by atoms with E-state index in [9.17, 15) is 0 Å². The average molecular weight is 244 g/mol. The molecule has 0 saturated carbocycles. The third-order valence-corrected chi connectivity index (χ3v) is 2.53. The van der Waals surface area contributed by atoms with E-state index in [1.807, 2.05) is 32.2 Å². The molecular formula is C13H16N4O. The fourth-order valence-corrected chi connectivity index (χ4v) is 1.62. The van der Waals surface area contributed by atoms with Gasteiger partial charge in [0.25, 0.3) is 0 Å². The highest BCUT2D eigenvalue weighted by Gasteiger charge is 2.07. The number of aromatic nitrogens is 3. The Morgan fingerprint density at radius 1 is 1.22 bits per heavy atom. The summed E-state index contributed by atoms with van der Waals surface area (Å²) in [6.45, 7) is 4.79. The van der Waals surface area contributed by atoms with Crippen LogP contribution in [-0.2, 0) is 0 Å². The van der Waals surface area contributed by atoms with Crippen molar-refractivity contribution in [2.45, 2.75) is 13.8 Å². The molecule has 0 fully saturated rings. The Hall–Kier alpha value is -2.17. The molecule has 0 aliphatic heterocycles. The Kier molecular flexibility index (Phi) is 3.72. The van der Waals surface area contributed by atoms with E-state index in [4.69, 9.17) is 4.74 Å². The van der Waals surface area contributed by atoms with Crippen molar-refractivity contribution in [3.63, 3.8) is 0 Å². The molecule has 0 radical (unpaired) electrons. The van der Waals surface area contributed by atoms with Crippen LogP contribution in [0.1, 0.15) is 12.5 Å². The van der Waals surface area contributed by atoms with Gasteiger partial charge in [-0.2, -0.15) is 0 Å². The zero-order valence-corrected chi connectivity index (χ0v) is 10.8. The van der Waals surface area contributed by atoms with Crippen LogP contribution in [0, 0.1) is 6.92 Å². The fourth-order valence-electron chi connectivity index (χ4n) is 1.62. The Balaban J connectivity index is 2.38. The Labute approximate surface area is 106 Å². The Morgan fingerprint density at radius 3 is 2.67 bits per heavy atom. The summed E-state index contributed by atoms with van der Waals surface area (Å²) in [7, 11) is 1.60. The molecule has 0 aliphatic rings. The van der Waals surface area contributed by atoms with Gasteiger partial charge in [-0.1, -0.05) is 0 Å². The molecule has 0 aromatic carbocycles. The van der Waals surface area contributed by atoms with Gasteiger partial charge in [0.1, 0.15) is 0 Å². The number of aryl methyl sites for hydroxylation is 1. The van der Waals surface area contributed by atoms with Crippen molar-refractivity contribution >= 4 is 5.95 Å². The maximum atomic E-state index is 5.04. The van der Waals surface area contributed by atoms with E-state index in [1.165, 1.54) is 0 Å². The minimum Gasteiger partial charge on any atom is -0.481 e. The number of nitrogens with zero attached hydrogens (tertiary/aromatic N) is 3. The van der Waals surface area contributed by atoms with Crippen molar-refractivity contribution in [2.75, 3.05) is 19.0 Å². The number of anilines is 1. The second kappa shape index (κ2) is 5.44. The van der Waals surface area contributed by atoms with Crippen LogP contribution in [0.2, 0.25) is 0 Å². The van der Waals surface area contributed by atoms with Crippen LogP contribution in [0.15, 0.2) is 24.5 Å². The smallest absolute Gasteiger partial charge is 0.223 e. The van der Waals surface area contributed by atoms with Crippen molar-refractivity contribution in [3.8, 4) is 17.1 Å². The van der Waals surface area contributed by atoms with Gasteiger partial charge < -0.3 is 10.1 Å². The van der Waals surface area contributed by atoms with Crippen molar-refractivity contribution < 1.29 is 4.74 Å². The first-order valence-corrected chi connectivity index (χ1v) is 5.82. The van der Waals surface area contributed by atoms with Crippen molar-refractivity contribution in [1.82, 2.24) is 15.0 Å². The lowest BCUT2D eigenvalue weighted by molar-refractivity contribution is 0.398. The van der Waals surface area contributed by atoms with Crippen LogP contribution in [0.3, 0.4) is 0 Å². The van der Waals surface area contributed by atoms with E-state index in [1.54, 1.807) is 13.3 Å². The second-order valence-corrected chi connectivity index (χ2v) is 3.84. The van der Waals surface area contributed by atoms with Gasteiger partial charge in [0.2, 0.25) is 11.8 Å². The summed E-state index contributed by atoms with van der Waals surface area (Å²) in [6, 6.07) is 3.76. The molecule has 1 N–H and O–H groups in total. The van der Waals surface area contributed by atoms with E-state index in [-0.39, 0.29) is 0 Å². The molecule has 2 aromatic heterocycles. The second-order valence-electron chi connectivity index (χ2n) is 3.84. The van der Waals surface area contributed by atoms with Crippen LogP contribution in [0.25, 0.3) is 11.3 Å². The van der Waals surface area contributed by atoms with Crippen molar-refractivity contribution in [3.05, 3.63) is 30.1 Å². The summed E-state index contributed by atoms with van der Waals surface area (Å²) in [5.74, 6) is 1.23. The third-order valence-electron chi connectivity index (χ3n) is 2.53. The van der Waals surface area contributed by atoms with E-state index in [0.29, 0.717) is 11.8 Å². The lowest BCUT2D eigenvalue weighted by Gasteiger charge is -2.08. The molecule has 0 aliphatic carbocycles. The predicted molar refractivity (Wildman–Crippen MR) is 70.7 cm³/mol. The molecule has 94 valence electrons. The molecule has 2 rings (SSSR count). The first kappa shape index (κ1) is 12.3. The third kappa shape index (κ3) is 2.56. The molecule has 2 aromatic rings. The first-order chi connectivity index (χ1) is 8.74. The highest BCUT2D eigenvalue weighted by molar-refractivity contribution is 5.63. The predicted octanol–water partition coefficient (Wildman–Crippen LogP) is 2.29. The largest absolute Gasteiger partial charge is 0.481 e. The molecule has 0 spiro atoms. The molecular weight excluding hydrogens is 228 g/mol. The minimum absolute atomic E-state index is 0.595. The van der Waals surface area contributed by atoms with Gasteiger partial charge in [-0.3, -0.25) is 0 Å². The molecule has 0 bridgehead atoms. The molecule has 0 atom stereocenters. The maximum Gasteiger partial charge on any atom is 0.223 e. The summed E-state index contributed by atoms with van der Waals surface area (Å²) in [5.41, 5.74) is 2.86. The van der Waals surface area contributed by atoms with Gasteiger partial charge in [0, 0.05) is 30.6 Å². The fraction of sp³-hybridized carbons (Fsp3) is 0.308. The summed E-state index contributed by atoms with van der Waals surface area (Å²) in [6.07, 6.45) is 3.56. The van der Waals surface area contributed by atoms with Gasteiger partial charge >= 0.3 is 0 Å². The highest BCUT2D eigenvalue weighted by atomic mass is 16.5. The first-order valence-electron chi connectivity index (χ1n) is 5.82. The molecule has 0 saturated heterocycles. The number of nitrogens with one attached hydrogen (secondary N) is 1. The standard InChI is InChI=1S/C13H16N4O/c1-4-14-13-16-7-9(2)12(17-13)10-5-6-11(18-3)15-8-10/h5-8H,4H2,1-3H3,(H,14,16,17). The number of hydrogen-bond acceptors (Lipinski definition) is 5. The van der Waals surface area contributed by atoms with Crippen LogP contribution >= 0.6 is 0 Å². The normalized spacial score (nSPS) is 10.2. The van der Waals surface area contributed by atoms with Crippen LogP contribution in [0.4, 0.5) is 5.95 Å². The van der Waals surface area contributed by atoms with E-state index in [2.05, 4.69) is 20.3 Å². The van der Waals surface area contributed by atoms with Crippen molar-refractivity contribution in [2.24, 2.45) is 0 Å². The van der Waals surface area contributed by atoms with E-state index < -0.39 is 0 Å². The zero-order chi connectivity index (χ0) is 13.0. The zero-order valence-electron chi connectivity index (χ0n) is 10.8. The van der Waals surface area contributed by atoms with Gasteiger partial charge in [0.15, 0.2) is 0 Å². The van der Waals surface area contributed by atoms with Crippen LogP contribution in [-0.4, -0.2) is 28.6 Å². The quantitative estimate of drug-likeness (QED) is 0.894. The monoisotopic (exact) mass is 244 g/mol. The topological polar surface area (TPSA) is 59.9 Å². The van der Waals surface area contributed by atoms with Gasteiger partial charge in [-0.15, -0.1) is 0 Å². The Bertz CT molecular complexity index is 525. The molecule has 18 heavy (non-hydrogen) atoms. The summed E-state index contributed by atoms with van der Waals surface area (Å²) < 4.78 is 5.04. The molecule has 2 heterocycles. The average Bonchev–Trinajstić information content (AvgIpc) is 2.41. The summed E-state index contributed by atoms with van der Waals surface area (Å²) in [5, 5.41) is 3.10. The lowest BCUT2D eigenvalue weighted by Crippen LogP contribution is -2.03. The van der Waals surface area contributed by atoms with Crippen LogP contribution in [0.5, 0.6) is 5.88 Å². The number of rotatable bonds is 4. The van der Waals surface area contributed by atoms with Gasteiger partial charge in [-0.25, -0.2) is 15.0 Å². The van der Waals surface area contributed by atoms with Gasteiger partial charge in [-0.05, 0) is 25.5 Å². The van der Waals surface area contributed by atoms with Crippen LogP contribution < -0.4 is 10.1 Å². The van der Waals surface area contributed by atoms with Gasteiger partial charge in [0.05, 0.1) is 12.8 Å². The minimum atomic E-state index is 0.595. The molecule has 5 nitrogen and oxygen atoms in total. The van der Waals surface area contributed by atoms with Crippen molar-refractivity contribution in [1.29, 1.82) is 0 Å². The maximum absolute atomic E-state index is 5.04. The van der Waals surface area contributed by atoms with E-state index in [0.717, 1.165) is 23.4 Å².